The molecular formula is C26H31N5O3. The van der Waals surface area contributed by atoms with Crippen LogP contribution in [-0.4, -0.2) is 50.9 Å². The SMILES string of the molecule is Cc1ccc(-c2cnn(CCCNC(=O)OC(C)(C)C)c2)c(-c2ccc3c(c2)C(=O)N(C)C3)n1. The maximum Gasteiger partial charge on any atom is 0.407 e. The van der Waals surface area contributed by atoms with Gasteiger partial charge in [-0.3, -0.25) is 14.5 Å². The Morgan fingerprint density at radius 3 is 2.71 bits per heavy atom. The van der Waals surface area contributed by atoms with Gasteiger partial charge in [-0.2, -0.15) is 5.10 Å². The maximum atomic E-state index is 12.5. The molecule has 8 heteroatoms. The van der Waals surface area contributed by atoms with Crippen molar-refractivity contribution in [2.24, 2.45) is 0 Å². The minimum Gasteiger partial charge on any atom is -0.444 e. The molecule has 0 spiro atoms. The zero-order valence-electron chi connectivity index (χ0n) is 20.4. The molecule has 0 radical (unpaired) electrons. The number of amides is 2. The fraction of sp³-hybridized carbons (Fsp3) is 0.385. The summed E-state index contributed by atoms with van der Waals surface area (Å²) in [5.74, 6) is 0.0406. The summed E-state index contributed by atoms with van der Waals surface area (Å²) in [4.78, 5) is 30.8. The van der Waals surface area contributed by atoms with E-state index < -0.39 is 11.7 Å². The van der Waals surface area contributed by atoms with Crippen LogP contribution in [0.25, 0.3) is 22.4 Å². The topological polar surface area (TPSA) is 89.3 Å². The highest BCUT2D eigenvalue weighted by atomic mass is 16.6. The Bertz CT molecular complexity index is 1230. The number of ether oxygens (including phenoxy) is 1. The van der Waals surface area contributed by atoms with Gasteiger partial charge in [0, 0.05) is 60.8 Å². The van der Waals surface area contributed by atoms with E-state index in [9.17, 15) is 9.59 Å². The molecule has 1 aromatic carbocycles. The Hall–Kier alpha value is -3.68. The molecule has 0 atom stereocenters. The summed E-state index contributed by atoms with van der Waals surface area (Å²) in [6.45, 7) is 9.27. The molecule has 3 heterocycles. The van der Waals surface area contributed by atoms with Crippen molar-refractivity contribution in [3.8, 4) is 22.4 Å². The van der Waals surface area contributed by atoms with E-state index in [0.29, 0.717) is 19.6 Å². The van der Waals surface area contributed by atoms with Gasteiger partial charge in [-0.05, 0) is 51.8 Å². The van der Waals surface area contributed by atoms with Crippen molar-refractivity contribution >= 4 is 12.0 Å². The number of hydrogen-bond acceptors (Lipinski definition) is 5. The van der Waals surface area contributed by atoms with E-state index >= 15 is 0 Å². The van der Waals surface area contributed by atoms with Gasteiger partial charge in [-0.1, -0.05) is 18.2 Å². The quantitative estimate of drug-likeness (QED) is 0.549. The number of aryl methyl sites for hydroxylation is 2. The lowest BCUT2D eigenvalue weighted by molar-refractivity contribution is 0.0526. The highest BCUT2D eigenvalue weighted by Crippen LogP contribution is 2.33. The molecule has 178 valence electrons. The molecule has 2 aromatic heterocycles. The minimum atomic E-state index is -0.511. The average molecular weight is 462 g/mol. The molecule has 4 rings (SSSR count). The second-order valence-corrected chi connectivity index (χ2v) is 9.66. The van der Waals surface area contributed by atoms with Crippen LogP contribution < -0.4 is 5.32 Å². The number of pyridine rings is 1. The number of fused-ring (bicyclic) bond motifs is 1. The second kappa shape index (κ2) is 9.29. The summed E-state index contributed by atoms with van der Waals surface area (Å²) in [7, 11) is 1.82. The minimum absolute atomic E-state index is 0.0406. The van der Waals surface area contributed by atoms with Gasteiger partial charge >= 0.3 is 6.09 Å². The lowest BCUT2D eigenvalue weighted by Crippen LogP contribution is -2.33. The van der Waals surface area contributed by atoms with Crippen molar-refractivity contribution in [2.45, 2.75) is 52.8 Å². The van der Waals surface area contributed by atoms with Crippen molar-refractivity contribution in [1.82, 2.24) is 25.0 Å². The third-order valence-corrected chi connectivity index (χ3v) is 5.58. The third-order valence-electron chi connectivity index (χ3n) is 5.58. The third kappa shape index (κ3) is 5.27. The number of aromatic nitrogens is 3. The van der Waals surface area contributed by atoms with Crippen LogP contribution in [-0.2, 0) is 17.8 Å². The van der Waals surface area contributed by atoms with E-state index in [2.05, 4.69) is 10.4 Å². The fourth-order valence-electron chi connectivity index (χ4n) is 3.97. The standard InChI is InChI=1S/C26H31N5O3/c1-17-7-10-21(23(29-17)18-8-9-19-15-30(5)24(32)22(19)13-18)20-14-28-31(16-20)12-6-11-27-25(33)34-26(2,3)4/h7-10,13-14,16H,6,11-12,15H2,1-5H3,(H,27,33). The van der Waals surface area contributed by atoms with Gasteiger partial charge in [0.05, 0.1) is 11.9 Å². The fourth-order valence-corrected chi connectivity index (χ4v) is 3.97. The summed E-state index contributed by atoms with van der Waals surface area (Å²) < 4.78 is 7.11. The number of nitrogens with zero attached hydrogens (tertiary/aromatic N) is 4. The molecule has 1 N–H and O–H groups in total. The molecule has 0 saturated carbocycles. The van der Waals surface area contributed by atoms with Gasteiger partial charge in [-0.15, -0.1) is 0 Å². The summed E-state index contributed by atoms with van der Waals surface area (Å²) >= 11 is 0. The van der Waals surface area contributed by atoms with Crippen LogP contribution in [0.5, 0.6) is 0 Å². The first-order valence-electron chi connectivity index (χ1n) is 11.5. The molecule has 0 bridgehead atoms. The smallest absolute Gasteiger partial charge is 0.407 e. The van der Waals surface area contributed by atoms with E-state index in [4.69, 9.17) is 9.72 Å². The van der Waals surface area contributed by atoms with Crippen LogP contribution >= 0.6 is 0 Å². The van der Waals surface area contributed by atoms with Crippen molar-refractivity contribution < 1.29 is 14.3 Å². The largest absolute Gasteiger partial charge is 0.444 e. The van der Waals surface area contributed by atoms with Crippen molar-refractivity contribution in [1.29, 1.82) is 0 Å². The highest BCUT2D eigenvalue weighted by Gasteiger charge is 2.25. The summed E-state index contributed by atoms with van der Waals surface area (Å²) in [5, 5.41) is 7.26. The van der Waals surface area contributed by atoms with Gasteiger partial charge in [-0.25, -0.2) is 4.79 Å². The van der Waals surface area contributed by atoms with Gasteiger partial charge < -0.3 is 15.0 Å². The number of carbonyl (C=O) groups excluding carboxylic acids is 2. The Morgan fingerprint density at radius 2 is 1.94 bits per heavy atom. The van der Waals surface area contributed by atoms with Crippen LogP contribution in [0.1, 0.15) is 48.8 Å². The molecular weight excluding hydrogens is 430 g/mol. The predicted octanol–water partition coefficient (Wildman–Crippen LogP) is 4.42. The molecule has 3 aromatic rings. The normalized spacial score (nSPS) is 13.2. The van der Waals surface area contributed by atoms with Crippen LogP contribution in [0.4, 0.5) is 4.79 Å². The summed E-state index contributed by atoms with van der Waals surface area (Å²) in [6, 6.07) is 10.0. The zero-order valence-corrected chi connectivity index (χ0v) is 20.4. The van der Waals surface area contributed by atoms with Gasteiger partial charge in [0.15, 0.2) is 0 Å². The Kier molecular flexibility index (Phi) is 6.41. The van der Waals surface area contributed by atoms with Crippen molar-refractivity contribution in [3.05, 3.63) is 59.5 Å². The Balaban J connectivity index is 1.48. The highest BCUT2D eigenvalue weighted by molar-refractivity contribution is 5.99. The second-order valence-electron chi connectivity index (χ2n) is 9.66. The predicted molar refractivity (Wildman–Crippen MR) is 130 cm³/mol. The molecule has 2 amide bonds. The molecule has 8 nitrogen and oxygen atoms in total. The maximum absolute atomic E-state index is 12.5. The number of carbonyl (C=O) groups is 2. The molecule has 0 fully saturated rings. The Labute approximate surface area is 199 Å². The summed E-state index contributed by atoms with van der Waals surface area (Å²) in [6.07, 6.45) is 4.11. The number of rotatable bonds is 6. The van der Waals surface area contributed by atoms with Crippen LogP contribution in [0.15, 0.2) is 42.7 Å². The number of alkyl carbamates (subject to hydrolysis) is 1. The Morgan fingerprint density at radius 1 is 1.15 bits per heavy atom. The van der Waals surface area contributed by atoms with E-state index in [-0.39, 0.29) is 5.91 Å². The number of nitrogens with one attached hydrogen (secondary N) is 1. The van der Waals surface area contributed by atoms with E-state index in [1.54, 1.807) is 4.90 Å². The van der Waals surface area contributed by atoms with Crippen molar-refractivity contribution in [2.75, 3.05) is 13.6 Å². The van der Waals surface area contributed by atoms with Gasteiger partial charge in [0.1, 0.15) is 5.60 Å². The van der Waals surface area contributed by atoms with Crippen LogP contribution in [0.3, 0.4) is 0 Å². The average Bonchev–Trinajstić information content (AvgIpc) is 3.34. The van der Waals surface area contributed by atoms with E-state index in [0.717, 1.165) is 45.6 Å². The van der Waals surface area contributed by atoms with Gasteiger partial charge in [0.25, 0.3) is 5.91 Å². The van der Waals surface area contributed by atoms with Crippen molar-refractivity contribution in [3.63, 3.8) is 0 Å². The monoisotopic (exact) mass is 461 g/mol. The first-order valence-corrected chi connectivity index (χ1v) is 11.5. The lowest BCUT2D eigenvalue weighted by Gasteiger charge is -2.19. The zero-order chi connectivity index (χ0) is 24.5. The number of benzene rings is 1. The molecule has 0 saturated heterocycles. The van der Waals surface area contributed by atoms with E-state index in [1.165, 1.54) is 0 Å². The molecule has 34 heavy (non-hydrogen) atoms. The molecule has 0 aliphatic carbocycles. The lowest BCUT2D eigenvalue weighted by atomic mass is 9.98. The molecule has 1 aliphatic heterocycles. The van der Waals surface area contributed by atoms with Crippen LogP contribution in [0, 0.1) is 6.92 Å². The first kappa shape index (κ1) is 23.5. The molecule has 1 aliphatic rings. The van der Waals surface area contributed by atoms with Gasteiger partial charge in [0.2, 0.25) is 0 Å². The van der Waals surface area contributed by atoms with E-state index in [1.807, 2.05) is 82.1 Å². The molecule has 0 unspecified atom stereocenters. The van der Waals surface area contributed by atoms with Crippen LogP contribution in [0.2, 0.25) is 0 Å². The summed E-state index contributed by atoms with van der Waals surface area (Å²) in [5.41, 5.74) is 5.83. The number of hydrogen-bond donors (Lipinski definition) is 1. The first-order chi connectivity index (χ1) is 16.1.